The standard InChI is InChI=1S/C31H26N6O5/c1-17-20(16-32)30(33-14-7-15-42-2)35-31(34-18-8-4-3-5-9-18)27(17)37-36-21-11-6-10-19-24(21)29(41)26-23(39)13-12-22(38)25(26)28(19)40/h3-6,8-13,38-39H,7,14-15H2,1-2H3,(H2,33,34,35)/b37-36+. The van der Waals surface area contributed by atoms with E-state index in [0.717, 1.165) is 17.8 Å². The number of rotatable bonds is 9. The number of carbonyl (C=O) groups is 2. The lowest BCUT2D eigenvalue weighted by molar-refractivity contribution is 0.0974. The maximum absolute atomic E-state index is 13.5. The molecule has 0 saturated carbocycles. The van der Waals surface area contributed by atoms with Crippen LogP contribution in [0, 0.1) is 18.3 Å². The van der Waals surface area contributed by atoms with Gasteiger partial charge in [-0.15, -0.1) is 10.2 Å². The van der Waals surface area contributed by atoms with Crippen molar-refractivity contribution in [1.29, 1.82) is 5.26 Å². The summed E-state index contributed by atoms with van der Waals surface area (Å²) in [6.07, 6.45) is 0.702. The Kier molecular flexibility index (Phi) is 7.90. The molecule has 0 saturated heterocycles. The third-order valence-corrected chi connectivity index (χ3v) is 6.77. The predicted octanol–water partition coefficient (Wildman–Crippen LogP) is 6.06. The highest BCUT2D eigenvalue weighted by molar-refractivity contribution is 6.31. The Balaban J connectivity index is 1.61. The number of nitrogens with one attached hydrogen (secondary N) is 2. The van der Waals surface area contributed by atoms with E-state index in [9.17, 15) is 25.1 Å². The molecule has 0 bridgehead atoms. The Morgan fingerprint density at radius 1 is 0.905 bits per heavy atom. The molecule has 0 amide bonds. The Morgan fingerprint density at radius 2 is 1.62 bits per heavy atom. The van der Waals surface area contributed by atoms with E-state index in [1.165, 1.54) is 12.1 Å². The minimum absolute atomic E-state index is 0.0238. The number of anilines is 3. The number of fused-ring (bicyclic) bond motifs is 2. The topological polar surface area (TPSA) is 169 Å². The summed E-state index contributed by atoms with van der Waals surface area (Å²) in [6, 6.07) is 18.3. The molecule has 11 heteroatoms. The van der Waals surface area contributed by atoms with E-state index in [-0.39, 0.29) is 39.2 Å². The lowest BCUT2D eigenvalue weighted by atomic mass is 9.82. The number of methoxy groups -OCH3 is 1. The fourth-order valence-electron chi connectivity index (χ4n) is 4.71. The summed E-state index contributed by atoms with van der Waals surface area (Å²) in [4.78, 5) is 31.4. The number of carbonyl (C=O) groups excluding carboxylic acids is 2. The van der Waals surface area contributed by atoms with Gasteiger partial charge in [0.1, 0.15) is 29.1 Å². The van der Waals surface area contributed by atoms with Crippen LogP contribution in [0.4, 0.5) is 28.7 Å². The van der Waals surface area contributed by atoms with Crippen LogP contribution in [0.1, 0.15) is 49.4 Å². The number of phenolic OH excluding ortho intramolecular Hbond substituents is 2. The Morgan fingerprint density at radius 3 is 2.31 bits per heavy atom. The zero-order valence-corrected chi connectivity index (χ0v) is 22.8. The highest BCUT2D eigenvalue weighted by Crippen LogP contribution is 2.42. The summed E-state index contributed by atoms with van der Waals surface area (Å²) in [5.74, 6) is -1.44. The largest absolute Gasteiger partial charge is 0.507 e. The molecule has 1 heterocycles. The fraction of sp³-hybridized carbons (Fsp3) is 0.161. The number of azo groups is 1. The molecule has 0 aliphatic heterocycles. The highest BCUT2D eigenvalue weighted by atomic mass is 16.5. The van der Waals surface area contributed by atoms with Crippen molar-refractivity contribution in [2.75, 3.05) is 30.9 Å². The molecule has 1 aliphatic carbocycles. The monoisotopic (exact) mass is 562 g/mol. The van der Waals surface area contributed by atoms with Crippen LogP contribution in [-0.2, 0) is 4.74 Å². The van der Waals surface area contributed by atoms with Gasteiger partial charge in [0.15, 0.2) is 11.6 Å². The smallest absolute Gasteiger partial charge is 0.200 e. The fourth-order valence-corrected chi connectivity index (χ4v) is 4.71. The zero-order valence-electron chi connectivity index (χ0n) is 22.8. The van der Waals surface area contributed by atoms with E-state index in [1.54, 1.807) is 20.1 Å². The molecule has 5 rings (SSSR count). The lowest BCUT2D eigenvalue weighted by Gasteiger charge is -2.20. The predicted molar refractivity (Wildman–Crippen MR) is 156 cm³/mol. The van der Waals surface area contributed by atoms with E-state index in [1.807, 2.05) is 30.3 Å². The maximum atomic E-state index is 13.5. The number of ether oxygens (including phenoxy) is 1. The molecule has 11 nitrogen and oxygen atoms in total. The third kappa shape index (κ3) is 5.14. The van der Waals surface area contributed by atoms with Crippen LogP contribution in [0.2, 0.25) is 0 Å². The molecule has 0 fully saturated rings. The van der Waals surface area contributed by atoms with Gasteiger partial charge >= 0.3 is 0 Å². The van der Waals surface area contributed by atoms with Gasteiger partial charge < -0.3 is 25.6 Å². The molecule has 1 aliphatic rings. The molecule has 0 spiro atoms. The Labute approximate surface area is 241 Å². The van der Waals surface area contributed by atoms with Gasteiger partial charge in [0.2, 0.25) is 5.78 Å². The number of para-hydroxylation sites is 1. The number of benzene rings is 3. The number of nitriles is 1. The van der Waals surface area contributed by atoms with Gasteiger partial charge in [-0.25, -0.2) is 4.98 Å². The number of hydrogen-bond donors (Lipinski definition) is 4. The van der Waals surface area contributed by atoms with E-state index in [4.69, 9.17) is 4.74 Å². The number of hydrogen-bond acceptors (Lipinski definition) is 11. The normalized spacial score (nSPS) is 12.1. The number of ketones is 2. The van der Waals surface area contributed by atoms with Crippen molar-refractivity contribution >= 4 is 40.3 Å². The summed E-state index contributed by atoms with van der Waals surface area (Å²) in [5, 5.41) is 45.8. The van der Waals surface area contributed by atoms with Gasteiger partial charge in [0.25, 0.3) is 0 Å². The summed E-state index contributed by atoms with van der Waals surface area (Å²) in [5.41, 5.74) is 1.23. The maximum Gasteiger partial charge on any atom is 0.200 e. The van der Waals surface area contributed by atoms with Crippen molar-refractivity contribution in [1.82, 2.24) is 4.98 Å². The molecule has 210 valence electrons. The van der Waals surface area contributed by atoms with Crippen molar-refractivity contribution in [2.24, 2.45) is 10.2 Å². The van der Waals surface area contributed by atoms with Crippen molar-refractivity contribution in [3.05, 3.63) is 94.0 Å². The average Bonchev–Trinajstić information content (AvgIpc) is 2.99. The molecule has 0 radical (unpaired) electrons. The van der Waals surface area contributed by atoms with E-state index in [0.29, 0.717) is 36.8 Å². The first-order chi connectivity index (χ1) is 20.3. The first kappa shape index (κ1) is 27.9. The molecule has 4 N–H and O–H groups in total. The van der Waals surface area contributed by atoms with Gasteiger partial charge in [-0.1, -0.05) is 30.3 Å². The van der Waals surface area contributed by atoms with Gasteiger partial charge in [-0.2, -0.15) is 5.26 Å². The minimum atomic E-state index is -0.673. The number of pyridine rings is 1. The second-order valence-electron chi connectivity index (χ2n) is 9.45. The van der Waals surface area contributed by atoms with Crippen LogP contribution in [-0.4, -0.2) is 47.0 Å². The van der Waals surface area contributed by atoms with Crippen LogP contribution in [0.3, 0.4) is 0 Å². The molecule has 1 aromatic heterocycles. The van der Waals surface area contributed by atoms with Crippen molar-refractivity contribution < 1.29 is 24.5 Å². The molecule has 42 heavy (non-hydrogen) atoms. The zero-order chi connectivity index (χ0) is 29.8. The average molecular weight is 563 g/mol. The number of aromatic hydroxyl groups is 2. The third-order valence-electron chi connectivity index (χ3n) is 6.77. The minimum Gasteiger partial charge on any atom is -0.507 e. The summed E-state index contributed by atoms with van der Waals surface area (Å²) in [6.45, 7) is 2.79. The summed E-state index contributed by atoms with van der Waals surface area (Å²) >= 11 is 0. The first-order valence-corrected chi connectivity index (χ1v) is 13.0. The van der Waals surface area contributed by atoms with Gasteiger partial charge in [0, 0.05) is 37.1 Å². The van der Waals surface area contributed by atoms with E-state index >= 15 is 0 Å². The van der Waals surface area contributed by atoms with E-state index < -0.39 is 23.1 Å². The van der Waals surface area contributed by atoms with Crippen LogP contribution >= 0.6 is 0 Å². The first-order valence-electron chi connectivity index (χ1n) is 13.0. The molecule has 3 aromatic carbocycles. The summed E-state index contributed by atoms with van der Waals surface area (Å²) in [7, 11) is 1.61. The van der Waals surface area contributed by atoms with Crippen molar-refractivity contribution in [2.45, 2.75) is 13.3 Å². The number of aromatic nitrogens is 1. The van der Waals surface area contributed by atoms with Crippen LogP contribution in [0.15, 0.2) is 70.9 Å². The highest BCUT2D eigenvalue weighted by Gasteiger charge is 2.36. The quantitative estimate of drug-likeness (QED) is 0.0948. The Bertz CT molecular complexity index is 1780. The van der Waals surface area contributed by atoms with Gasteiger partial charge in [0.05, 0.1) is 27.9 Å². The summed E-state index contributed by atoms with van der Waals surface area (Å²) < 4.78 is 5.10. The van der Waals surface area contributed by atoms with Crippen LogP contribution < -0.4 is 10.6 Å². The molecule has 0 atom stereocenters. The van der Waals surface area contributed by atoms with Crippen LogP contribution in [0.5, 0.6) is 11.5 Å². The lowest BCUT2D eigenvalue weighted by Crippen LogP contribution is -2.21. The van der Waals surface area contributed by atoms with Crippen molar-refractivity contribution in [3.8, 4) is 17.6 Å². The molecular formula is C31H26N6O5. The second-order valence-corrected chi connectivity index (χ2v) is 9.45. The molecule has 4 aromatic rings. The second kappa shape index (κ2) is 11.9. The number of nitrogens with zero attached hydrogens (tertiary/aromatic N) is 4. The van der Waals surface area contributed by atoms with Gasteiger partial charge in [-0.05, 0) is 43.7 Å². The number of phenols is 2. The Hall–Kier alpha value is -5.60. The van der Waals surface area contributed by atoms with E-state index in [2.05, 4.69) is 31.9 Å². The van der Waals surface area contributed by atoms with Crippen LogP contribution in [0.25, 0.3) is 0 Å². The van der Waals surface area contributed by atoms with Crippen molar-refractivity contribution in [3.63, 3.8) is 0 Å². The van der Waals surface area contributed by atoms with Gasteiger partial charge in [-0.3, -0.25) is 9.59 Å². The molecular weight excluding hydrogens is 536 g/mol. The molecule has 0 unspecified atom stereocenters. The SMILES string of the molecule is COCCCNc1nc(Nc2ccccc2)c(/N=N/c2cccc3c2C(=O)c2c(O)ccc(O)c2C3=O)c(C)c1C#N.